The summed E-state index contributed by atoms with van der Waals surface area (Å²) in [6.07, 6.45) is 9.31. The van der Waals surface area contributed by atoms with Crippen molar-refractivity contribution in [3.8, 4) is 11.9 Å². The Morgan fingerprint density at radius 1 is 1.14 bits per heavy atom. The van der Waals surface area contributed by atoms with Gasteiger partial charge in [-0.2, -0.15) is 9.83 Å². The van der Waals surface area contributed by atoms with Crippen LogP contribution in [0.15, 0.2) is 53.8 Å². The number of nitriles is 1. The van der Waals surface area contributed by atoms with Crippen LogP contribution in [0.25, 0.3) is 0 Å². The second-order valence-corrected chi connectivity index (χ2v) is 8.71. The Morgan fingerprint density at radius 2 is 1.83 bits per heavy atom. The summed E-state index contributed by atoms with van der Waals surface area (Å²) in [4.78, 5) is 16.3. The number of esters is 1. The molecule has 4 N–H and O–H groups in total. The van der Waals surface area contributed by atoms with Gasteiger partial charge in [0, 0.05) is 23.7 Å². The average Bonchev–Trinajstić information content (AvgIpc) is 2.85. The monoisotopic (exact) mass is 501 g/mol. The second kappa shape index (κ2) is 15.5. The minimum atomic E-state index is -0.643. The van der Waals surface area contributed by atoms with Crippen LogP contribution in [0.3, 0.4) is 0 Å². The molecule has 1 heterocycles. The van der Waals surface area contributed by atoms with E-state index in [2.05, 4.69) is 15.6 Å². The number of hydrogen-bond acceptors (Lipinski definition) is 6. The van der Waals surface area contributed by atoms with Gasteiger partial charge in [0.25, 0.3) is 6.73 Å². The Labute approximate surface area is 211 Å². The first kappa shape index (κ1) is 27.9. The van der Waals surface area contributed by atoms with Gasteiger partial charge in [0.05, 0.1) is 12.3 Å². The van der Waals surface area contributed by atoms with Crippen LogP contribution in [0.5, 0.6) is 5.75 Å². The zero-order valence-corrected chi connectivity index (χ0v) is 21.0. The van der Waals surface area contributed by atoms with Crippen molar-refractivity contribution in [1.29, 1.82) is 5.26 Å². The van der Waals surface area contributed by atoms with Crippen LogP contribution in [0.2, 0.25) is 5.02 Å². The van der Waals surface area contributed by atoms with Crippen molar-refractivity contribution in [2.45, 2.75) is 52.3 Å². The van der Waals surface area contributed by atoms with Crippen LogP contribution in [0.4, 0.5) is 5.69 Å². The number of unbranched alkanes of at least 4 members (excludes halogenated alkanes) is 3. The van der Waals surface area contributed by atoms with E-state index in [1.165, 1.54) is 0 Å². The van der Waals surface area contributed by atoms with Gasteiger partial charge in [0.15, 0.2) is 18.6 Å². The summed E-state index contributed by atoms with van der Waals surface area (Å²) < 4.78 is 12.6. The number of hydrogen-bond donors (Lipinski definition) is 3. The van der Waals surface area contributed by atoms with Gasteiger partial charge in [-0.3, -0.25) is 15.1 Å². The van der Waals surface area contributed by atoms with Gasteiger partial charge < -0.3 is 20.5 Å². The lowest BCUT2D eigenvalue weighted by molar-refractivity contribution is -0.727. The number of pyridine rings is 1. The van der Waals surface area contributed by atoms with Crippen LogP contribution >= 0.6 is 11.6 Å². The van der Waals surface area contributed by atoms with Gasteiger partial charge in [0.2, 0.25) is 5.96 Å². The van der Waals surface area contributed by atoms with Crippen LogP contribution in [0.1, 0.15) is 39.5 Å². The first-order valence-corrected chi connectivity index (χ1v) is 12.0. The smallest absolute Gasteiger partial charge is 0.327 e. The fourth-order valence-corrected chi connectivity index (χ4v) is 3.04. The Morgan fingerprint density at radius 3 is 2.49 bits per heavy atom. The Kier molecular flexibility index (Phi) is 12.4. The van der Waals surface area contributed by atoms with E-state index in [1.54, 1.807) is 29.1 Å². The molecule has 1 aromatic carbocycles. The van der Waals surface area contributed by atoms with E-state index in [-0.39, 0.29) is 12.6 Å². The number of rotatable bonds is 13. The molecule has 2 rings (SSSR count). The molecule has 0 aliphatic carbocycles. The normalized spacial score (nSPS) is 12.1. The summed E-state index contributed by atoms with van der Waals surface area (Å²) in [7, 11) is 0. The standard InChI is InChI=1S/C25H33ClN6O3/c1-19(2)23(28)24(33)35-18-32-14-11-21(12-15-32)31-25(30-17-27)29-13-5-3-4-6-16-34-22-9-7-20(26)8-10-22/h7-12,14-15,19,23H,3-6,13,16,18,28H2,1-2H3,(H,29,30)/p+1/t23-/m0/s1. The molecular weight excluding hydrogens is 468 g/mol. The second-order valence-electron chi connectivity index (χ2n) is 8.27. The number of aliphatic imine (C=N–C) groups is 1. The molecule has 0 aliphatic rings. The van der Waals surface area contributed by atoms with E-state index in [0.29, 0.717) is 24.1 Å². The van der Waals surface area contributed by atoms with E-state index in [9.17, 15) is 4.79 Å². The van der Waals surface area contributed by atoms with Crippen LogP contribution < -0.4 is 25.7 Å². The SMILES string of the molecule is CC(C)[C@H](N)C(=O)OC[n+]1ccc(NC(=NCCCCCCOc2ccc(Cl)cc2)NC#N)cc1. The number of aromatic nitrogens is 1. The number of nitrogens with zero attached hydrogens (tertiary/aromatic N) is 3. The number of guanidine groups is 1. The minimum Gasteiger partial charge on any atom is -0.494 e. The lowest BCUT2D eigenvalue weighted by Crippen LogP contribution is -2.42. The van der Waals surface area contributed by atoms with Crippen LogP contribution in [0, 0.1) is 17.4 Å². The van der Waals surface area contributed by atoms with Gasteiger partial charge in [-0.05, 0) is 49.4 Å². The van der Waals surface area contributed by atoms with Gasteiger partial charge >= 0.3 is 5.97 Å². The molecule has 0 saturated heterocycles. The highest BCUT2D eigenvalue weighted by molar-refractivity contribution is 6.30. The number of nitrogens with one attached hydrogen (secondary N) is 2. The first-order chi connectivity index (χ1) is 16.9. The summed E-state index contributed by atoms with van der Waals surface area (Å²) >= 11 is 5.86. The molecule has 10 heteroatoms. The summed E-state index contributed by atoms with van der Waals surface area (Å²) in [5.74, 6) is 0.778. The van der Waals surface area contributed by atoms with Gasteiger partial charge in [-0.15, -0.1) is 0 Å². The molecule has 0 radical (unpaired) electrons. The largest absolute Gasteiger partial charge is 0.494 e. The zero-order valence-electron chi connectivity index (χ0n) is 20.2. The van der Waals surface area contributed by atoms with E-state index in [1.807, 2.05) is 44.3 Å². The maximum atomic E-state index is 11.9. The Bertz CT molecular complexity index is 974. The third-order valence-corrected chi connectivity index (χ3v) is 5.33. The molecule has 1 aromatic heterocycles. The molecule has 9 nitrogen and oxygen atoms in total. The fourth-order valence-electron chi connectivity index (χ4n) is 2.91. The third-order valence-electron chi connectivity index (χ3n) is 5.08. The molecular formula is C25H34ClN6O3+. The zero-order chi connectivity index (χ0) is 25.5. The molecule has 188 valence electrons. The van der Waals surface area contributed by atoms with Gasteiger partial charge in [-0.25, -0.2) is 0 Å². The van der Waals surface area contributed by atoms with E-state index < -0.39 is 12.0 Å². The maximum absolute atomic E-state index is 11.9. The molecule has 0 aliphatic heterocycles. The van der Waals surface area contributed by atoms with Crippen molar-refractivity contribution in [2.75, 3.05) is 18.5 Å². The number of carbonyl (C=O) groups is 1. The van der Waals surface area contributed by atoms with Crippen molar-refractivity contribution in [3.63, 3.8) is 0 Å². The molecule has 0 saturated carbocycles. The lowest BCUT2D eigenvalue weighted by atomic mass is 10.1. The molecule has 0 fully saturated rings. The summed E-state index contributed by atoms with van der Waals surface area (Å²) in [6.45, 7) is 5.06. The predicted octanol–water partition coefficient (Wildman–Crippen LogP) is 3.59. The number of benzene rings is 1. The highest BCUT2D eigenvalue weighted by atomic mass is 35.5. The van der Waals surface area contributed by atoms with Crippen LogP contribution in [-0.4, -0.2) is 31.1 Å². The topological polar surface area (TPSA) is 126 Å². The Hall–Kier alpha value is -3.35. The van der Waals surface area contributed by atoms with Crippen molar-refractivity contribution in [1.82, 2.24) is 5.32 Å². The fraction of sp³-hybridized carbons (Fsp3) is 0.440. The van der Waals surface area contributed by atoms with Gasteiger partial charge in [0.1, 0.15) is 11.8 Å². The predicted molar refractivity (Wildman–Crippen MR) is 136 cm³/mol. The molecule has 1 atom stereocenters. The highest BCUT2D eigenvalue weighted by Crippen LogP contribution is 2.16. The van der Waals surface area contributed by atoms with E-state index >= 15 is 0 Å². The van der Waals surface area contributed by atoms with E-state index in [0.717, 1.165) is 37.1 Å². The van der Waals surface area contributed by atoms with Crippen molar-refractivity contribution in [2.24, 2.45) is 16.6 Å². The first-order valence-electron chi connectivity index (χ1n) is 11.7. The quantitative estimate of drug-likeness (QED) is 0.0728. The van der Waals surface area contributed by atoms with Gasteiger partial charge in [-0.1, -0.05) is 31.9 Å². The number of ether oxygens (including phenoxy) is 2. The molecule has 0 unspecified atom stereocenters. The third kappa shape index (κ3) is 11.1. The molecule has 2 aromatic rings. The number of anilines is 1. The highest BCUT2D eigenvalue weighted by Gasteiger charge is 2.19. The Balaban J connectivity index is 1.68. The average molecular weight is 502 g/mol. The molecule has 0 bridgehead atoms. The number of nitrogens with two attached hydrogens (primary N) is 1. The summed E-state index contributed by atoms with van der Waals surface area (Å²) in [6, 6.07) is 10.3. The molecule has 0 spiro atoms. The molecule has 35 heavy (non-hydrogen) atoms. The van der Waals surface area contributed by atoms with Crippen molar-refractivity contribution in [3.05, 3.63) is 53.8 Å². The summed E-state index contributed by atoms with van der Waals surface area (Å²) in [5.41, 5.74) is 6.53. The minimum absolute atomic E-state index is 0.0125. The maximum Gasteiger partial charge on any atom is 0.327 e. The van der Waals surface area contributed by atoms with Crippen molar-refractivity contribution >= 4 is 29.2 Å². The van der Waals surface area contributed by atoms with Crippen molar-refractivity contribution < 1.29 is 18.8 Å². The number of halogens is 1. The summed E-state index contributed by atoms with van der Waals surface area (Å²) in [5, 5.41) is 15.4. The van der Waals surface area contributed by atoms with E-state index in [4.69, 9.17) is 32.1 Å². The lowest BCUT2D eigenvalue weighted by Gasteiger charge is -2.12. The van der Waals surface area contributed by atoms with Crippen LogP contribution in [-0.2, 0) is 16.3 Å². The molecule has 0 amide bonds. The number of carbonyl (C=O) groups excluding carboxylic acids is 1.